The fourth-order valence-corrected chi connectivity index (χ4v) is 2.75. The third kappa shape index (κ3) is 2.17. The van der Waals surface area contributed by atoms with Gasteiger partial charge in [0.05, 0.1) is 10.6 Å². The summed E-state index contributed by atoms with van der Waals surface area (Å²) in [5.74, 6) is -0.0393. The number of hydrogen-bond donors (Lipinski definition) is 1. The highest BCUT2D eigenvalue weighted by atomic mass is 32.2. The molecule has 0 aliphatic carbocycles. The topological polar surface area (TPSA) is 29.1 Å². The van der Waals surface area contributed by atoms with E-state index in [0.717, 1.165) is 21.1 Å². The third-order valence-corrected chi connectivity index (χ3v) is 3.78. The summed E-state index contributed by atoms with van der Waals surface area (Å²) in [6.45, 7) is 0. The van der Waals surface area contributed by atoms with Gasteiger partial charge in [0.2, 0.25) is 0 Å². The van der Waals surface area contributed by atoms with E-state index in [4.69, 9.17) is 0 Å². The standard InChI is InChI=1S/C15H11NOS/c17-15-14(10-11-6-2-1-3-7-11)18-13-9-5-4-8-12(13)16-15/h1-10H,(H,16,17)/b14-10+. The molecule has 3 heteroatoms. The van der Waals surface area contributed by atoms with E-state index in [0.29, 0.717) is 0 Å². The number of anilines is 1. The SMILES string of the molecule is O=C1Nc2ccccc2S/C1=C/c1ccccc1. The van der Waals surface area contributed by atoms with E-state index in [1.165, 1.54) is 11.8 Å². The summed E-state index contributed by atoms with van der Waals surface area (Å²) in [5, 5.41) is 2.90. The molecule has 0 saturated heterocycles. The van der Waals surface area contributed by atoms with Gasteiger partial charge in [0.15, 0.2) is 0 Å². The summed E-state index contributed by atoms with van der Waals surface area (Å²) in [4.78, 5) is 13.8. The van der Waals surface area contributed by atoms with Crippen LogP contribution in [0.1, 0.15) is 5.56 Å². The number of carbonyl (C=O) groups excluding carboxylic acids is 1. The van der Waals surface area contributed by atoms with Crippen LogP contribution in [0.25, 0.3) is 6.08 Å². The molecule has 1 aliphatic rings. The van der Waals surface area contributed by atoms with E-state index < -0.39 is 0 Å². The number of para-hydroxylation sites is 1. The number of fused-ring (bicyclic) bond motifs is 1. The predicted octanol–water partition coefficient (Wildman–Crippen LogP) is 3.77. The predicted molar refractivity (Wildman–Crippen MR) is 75.3 cm³/mol. The summed E-state index contributed by atoms with van der Waals surface area (Å²) >= 11 is 1.51. The molecular formula is C15H11NOS. The first kappa shape index (κ1) is 11.1. The molecule has 0 unspecified atom stereocenters. The first-order valence-corrected chi connectivity index (χ1v) is 6.49. The molecule has 18 heavy (non-hydrogen) atoms. The monoisotopic (exact) mass is 253 g/mol. The number of hydrogen-bond acceptors (Lipinski definition) is 2. The van der Waals surface area contributed by atoms with Crippen LogP contribution in [0.15, 0.2) is 64.4 Å². The molecule has 1 N–H and O–H groups in total. The molecule has 2 nitrogen and oxygen atoms in total. The molecule has 1 amide bonds. The van der Waals surface area contributed by atoms with E-state index in [1.807, 2.05) is 60.7 Å². The summed E-state index contributed by atoms with van der Waals surface area (Å²) in [5.41, 5.74) is 1.92. The summed E-state index contributed by atoms with van der Waals surface area (Å²) in [6.07, 6.45) is 1.91. The minimum Gasteiger partial charge on any atom is -0.320 e. The van der Waals surface area contributed by atoms with Crippen molar-refractivity contribution in [2.45, 2.75) is 4.90 Å². The molecule has 2 aromatic carbocycles. The van der Waals surface area contributed by atoms with Gasteiger partial charge >= 0.3 is 0 Å². The Hall–Kier alpha value is -2.00. The maximum Gasteiger partial charge on any atom is 0.262 e. The largest absolute Gasteiger partial charge is 0.320 e. The minimum absolute atomic E-state index is 0.0393. The highest BCUT2D eigenvalue weighted by molar-refractivity contribution is 8.04. The van der Waals surface area contributed by atoms with Crippen molar-refractivity contribution in [2.24, 2.45) is 0 Å². The van der Waals surface area contributed by atoms with Crippen molar-refractivity contribution >= 4 is 29.4 Å². The van der Waals surface area contributed by atoms with Crippen molar-refractivity contribution in [3.63, 3.8) is 0 Å². The first-order valence-electron chi connectivity index (χ1n) is 5.68. The van der Waals surface area contributed by atoms with Crippen LogP contribution in [0.4, 0.5) is 5.69 Å². The molecule has 0 atom stereocenters. The molecule has 1 aliphatic heterocycles. The second-order valence-corrected chi connectivity index (χ2v) is 5.06. The number of nitrogens with one attached hydrogen (secondary N) is 1. The minimum atomic E-state index is -0.0393. The lowest BCUT2D eigenvalue weighted by atomic mass is 10.2. The number of rotatable bonds is 1. The normalized spacial score (nSPS) is 16.2. The Morgan fingerprint density at radius 3 is 2.50 bits per heavy atom. The Morgan fingerprint density at radius 2 is 1.67 bits per heavy atom. The zero-order valence-corrected chi connectivity index (χ0v) is 10.4. The van der Waals surface area contributed by atoms with Crippen LogP contribution in [0, 0.1) is 0 Å². The fraction of sp³-hybridized carbons (Fsp3) is 0. The van der Waals surface area contributed by atoms with E-state index in [1.54, 1.807) is 0 Å². The van der Waals surface area contributed by atoms with Crippen molar-refractivity contribution in [1.29, 1.82) is 0 Å². The second-order valence-electron chi connectivity index (χ2n) is 3.97. The van der Waals surface area contributed by atoms with E-state index in [9.17, 15) is 4.79 Å². The number of amides is 1. The molecule has 2 aromatic rings. The Balaban J connectivity index is 1.96. The van der Waals surface area contributed by atoms with E-state index in [-0.39, 0.29) is 5.91 Å². The highest BCUT2D eigenvalue weighted by Gasteiger charge is 2.20. The van der Waals surface area contributed by atoms with Crippen LogP contribution in [0.5, 0.6) is 0 Å². The number of benzene rings is 2. The van der Waals surface area contributed by atoms with Gasteiger partial charge in [-0.2, -0.15) is 0 Å². The van der Waals surface area contributed by atoms with Crippen LogP contribution in [-0.2, 0) is 4.79 Å². The van der Waals surface area contributed by atoms with Crippen LogP contribution in [0.3, 0.4) is 0 Å². The summed E-state index contributed by atoms with van der Waals surface area (Å²) < 4.78 is 0. The van der Waals surface area contributed by atoms with E-state index in [2.05, 4.69) is 5.32 Å². The molecule has 3 rings (SSSR count). The lowest BCUT2D eigenvalue weighted by molar-refractivity contribution is -0.112. The van der Waals surface area contributed by atoms with Crippen LogP contribution in [0.2, 0.25) is 0 Å². The number of carbonyl (C=O) groups is 1. The van der Waals surface area contributed by atoms with Gasteiger partial charge in [-0.1, -0.05) is 54.2 Å². The Labute approximate surface area is 110 Å². The zero-order chi connectivity index (χ0) is 12.4. The highest BCUT2D eigenvalue weighted by Crippen LogP contribution is 2.38. The molecule has 0 bridgehead atoms. The van der Waals surface area contributed by atoms with Gasteiger partial charge in [-0.15, -0.1) is 0 Å². The molecule has 0 radical (unpaired) electrons. The van der Waals surface area contributed by atoms with Gasteiger partial charge in [0.25, 0.3) is 5.91 Å². The van der Waals surface area contributed by atoms with Gasteiger partial charge in [-0.3, -0.25) is 4.79 Å². The van der Waals surface area contributed by atoms with Crippen molar-refractivity contribution in [3.05, 3.63) is 65.1 Å². The molecule has 0 spiro atoms. The van der Waals surface area contributed by atoms with E-state index >= 15 is 0 Å². The average molecular weight is 253 g/mol. The lowest BCUT2D eigenvalue weighted by Gasteiger charge is -2.18. The molecule has 0 fully saturated rings. The number of thioether (sulfide) groups is 1. The van der Waals surface area contributed by atoms with Crippen molar-refractivity contribution in [2.75, 3.05) is 5.32 Å². The lowest BCUT2D eigenvalue weighted by Crippen LogP contribution is -2.16. The molecule has 88 valence electrons. The van der Waals surface area contributed by atoms with Crippen molar-refractivity contribution in [1.82, 2.24) is 0 Å². The maximum absolute atomic E-state index is 12.0. The molecule has 0 aromatic heterocycles. The third-order valence-electron chi connectivity index (χ3n) is 2.68. The van der Waals surface area contributed by atoms with Crippen LogP contribution in [-0.4, -0.2) is 5.91 Å². The average Bonchev–Trinajstić information content (AvgIpc) is 2.41. The zero-order valence-electron chi connectivity index (χ0n) is 9.59. The van der Waals surface area contributed by atoms with Crippen molar-refractivity contribution < 1.29 is 4.79 Å². The van der Waals surface area contributed by atoms with Gasteiger partial charge in [-0.25, -0.2) is 0 Å². The fourth-order valence-electron chi connectivity index (χ4n) is 1.80. The van der Waals surface area contributed by atoms with Crippen molar-refractivity contribution in [3.8, 4) is 0 Å². The molecular weight excluding hydrogens is 242 g/mol. The quantitative estimate of drug-likeness (QED) is 0.784. The van der Waals surface area contributed by atoms with Gasteiger partial charge in [0.1, 0.15) is 0 Å². The maximum atomic E-state index is 12.0. The van der Waals surface area contributed by atoms with Crippen LogP contribution < -0.4 is 5.32 Å². The smallest absolute Gasteiger partial charge is 0.262 e. The Morgan fingerprint density at radius 1 is 0.944 bits per heavy atom. The van der Waals surface area contributed by atoms with Gasteiger partial charge < -0.3 is 5.32 Å². The van der Waals surface area contributed by atoms with Gasteiger partial charge in [-0.05, 0) is 23.8 Å². The molecule has 0 saturated carbocycles. The second kappa shape index (κ2) is 4.70. The summed E-state index contributed by atoms with van der Waals surface area (Å²) in [7, 11) is 0. The summed E-state index contributed by atoms with van der Waals surface area (Å²) in [6, 6.07) is 17.7. The molecule has 1 heterocycles. The Kier molecular flexibility index (Phi) is 2.90. The first-order chi connectivity index (χ1) is 8.83. The Bertz CT molecular complexity index is 619. The van der Waals surface area contributed by atoms with Gasteiger partial charge in [0, 0.05) is 4.90 Å². The van der Waals surface area contributed by atoms with Crippen LogP contribution >= 0.6 is 11.8 Å².